The van der Waals surface area contributed by atoms with E-state index in [0.717, 1.165) is 23.6 Å². The van der Waals surface area contributed by atoms with Crippen LogP contribution in [0.5, 0.6) is 0 Å². The third-order valence-corrected chi connectivity index (χ3v) is 8.02. The predicted octanol–water partition coefficient (Wildman–Crippen LogP) is 2.66. The summed E-state index contributed by atoms with van der Waals surface area (Å²) in [6, 6.07) is 12.9. The van der Waals surface area contributed by atoms with Crippen LogP contribution in [0.15, 0.2) is 47.4 Å². The van der Waals surface area contributed by atoms with Crippen molar-refractivity contribution in [3.63, 3.8) is 0 Å². The summed E-state index contributed by atoms with van der Waals surface area (Å²) in [5, 5.41) is 14.6. The highest BCUT2D eigenvalue weighted by atomic mass is 32.2. The molecule has 4 rings (SSSR count). The van der Waals surface area contributed by atoms with Gasteiger partial charge < -0.3 is 10.4 Å². The molecule has 156 valence electrons. The van der Waals surface area contributed by atoms with Gasteiger partial charge in [0.15, 0.2) is 0 Å². The Morgan fingerprint density at radius 1 is 1.00 bits per heavy atom. The maximum absolute atomic E-state index is 13.2. The number of piperidine rings is 1. The topological polar surface area (TPSA) is 86.7 Å². The van der Waals surface area contributed by atoms with Gasteiger partial charge in [-0.15, -0.1) is 0 Å². The average Bonchev–Trinajstić information content (AvgIpc) is 2.75. The molecule has 1 heterocycles. The van der Waals surface area contributed by atoms with Crippen molar-refractivity contribution in [1.29, 1.82) is 0 Å². The zero-order valence-corrected chi connectivity index (χ0v) is 17.3. The molecular formula is C22H28N2O4S. The van der Waals surface area contributed by atoms with E-state index in [4.69, 9.17) is 0 Å². The van der Waals surface area contributed by atoms with Crippen molar-refractivity contribution in [2.45, 2.75) is 55.6 Å². The molecule has 0 radical (unpaired) electrons. The molecule has 2 aromatic rings. The molecule has 29 heavy (non-hydrogen) atoms. The van der Waals surface area contributed by atoms with Gasteiger partial charge in [-0.1, -0.05) is 30.3 Å². The number of hydrogen-bond acceptors (Lipinski definition) is 4. The summed E-state index contributed by atoms with van der Waals surface area (Å²) >= 11 is 0. The standard InChI is InChI=1S/C22H28N2O4S/c25-20-10-8-19(9-11-20)23-22(26)18-6-3-13-24(15-18)29(27,28)21-12-7-16-4-1-2-5-17(16)14-21/h1-2,4-5,7,12,14,18-20,25H,3,6,8-11,13,15H2,(H,23,26). The summed E-state index contributed by atoms with van der Waals surface area (Å²) in [7, 11) is -3.64. The minimum atomic E-state index is -3.64. The van der Waals surface area contributed by atoms with Gasteiger partial charge in [0, 0.05) is 19.1 Å². The van der Waals surface area contributed by atoms with E-state index in [1.807, 2.05) is 30.3 Å². The average molecular weight is 417 g/mol. The van der Waals surface area contributed by atoms with Gasteiger partial charge in [-0.3, -0.25) is 4.79 Å². The Bertz CT molecular complexity index is 983. The van der Waals surface area contributed by atoms with Crippen LogP contribution < -0.4 is 5.32 Å². The molecule has 0 aromatic heterocycles. The highest BCUT2D eigenvalue weighted by molar-refractivity contribution is 7.89. The molecule has 6 nitrogen and oxygen atoms in total. The summed E-state index contributed by atoms with van der Waals surface area (Å²) in [5.74, 6) is -0.393. The van der Waals surface area contributed by atoms with Gasteiger partial charge >= 0.3 is 0 Å². The van der Waals surface area contributed by atoms with Gasteiger partial charge in [-0.05, 0) is 61.4 Å². The zero-order chi connectivity index (χ0) is 20.4. The number of carbonyl (C=O) groups excluding carboxylic acids is 1. The van der Waals surface area contributed by atoms with E-state index in [0.29, 0.717) is 32.2 Å². The van der Waals surface area contributed by atoms with E-state index in [1.165, 1.54) is 4.31 Å². The lowest BCUT2D eigenvalue weighted by Gasteiger charge is -2.33. The number of carbonyl (C=O) groups is 1. The largest absolute Gasteiger partial charge is 0.393 e. The number of aliphatic hydroxyl groups excluding tert-OH is 1. The van der Waals surface area contributed by atoms with Crippen molar-refractivity contribution in [2.24, 2.45) is 5.92 Å². The van der Waals surface area contributed by atoms with E-state index in [9.17, 15) is 18.3 Å². The molecule has 2 fully saturated rings. The molecule has 1 amide bonds. The number of nitrogens with zero attached hydrogens (tertiary/aromatic N) is 1. The van der Waals surface area contributed by atoms with Gasteiger partial charge in [0.1, 0.15) is 0 Å². The number of sulfonamides is 1. The minimum Gasteiger partial charge on any atom is -0.393 e. The lowest BCUT2D eigenvalue weighted by molar-refractivity contribution is -0.127. The number of nitrogens with one attached hydrogen (secondary N) is 1. The fraction of sp³-hybridized carbons (Fsp3) is 0.500. The summed E-state index contributed by atoms with van der Waals surface area (Å²) in [6.07, 6.45) is 4.08. The Hall–Kier alpha value is -1.96. The Morgan fingerprint density at radius 3 is 2.48 bits per heavy atom. The molecule has 1 saturated carbocycles. The van der Waals surface area contributed by atoms with Crippen LogP contribution in [0, 0.1) is 5.92 Å². The molecule has 2 aromatic carbocycles. The second kappa shape index (κ2) is 8.42. The van der Waals surface area contributed by atoms with Crippen molar-refractivity contribution < 1.29 is 18.3 Å². The molecule has 1 aliphatic heterocycles. The number of benzene rings is 2. The monoisotopic (exact) mass is 416 g/mol. The first kappa shape index (κ1) is 20.3. The lowest BCUT2D eigenvalue weighted by Crippen LogP contribution is -2.48. The minimum absolute atomic E-state index is 0.0650. The third-order valence-electron chi connectivity index (χ3n) is 6.16. The van der Waals surface area contributed by atoms with Gasteiger partial charge in [0.2, 0.25) is 15.9 Å². The van der Waals surface area contributed by atoms with Crippen LogP contribution in [0.25, 0.3) is 10.8 Å². The Balaban J connectivity index is 1.45. The molecule has 7 heteroatoms. The molecule has 2 N–H and O–H groups in total. The Labute approximate surface area is 172 Å². The van der Waals surface area contributed by atoms with E-state index >= 15 is 0 Å². The van der Waals surface area contributed by atoms with Crippen molar-refractivity contribution in [1.82, 2.24) is 9.62 Å². The van der Waals surface area contributed by atoms with Crippen LogP contribution >= 0.6 is 0 Å². The predicted molar refractivity (Wildman–Crippen MR) is 112 cm³/mol. The van der Waals surface area contributed by atoms with E-state index in [-0.39, 0.29) is 35.4 Å². The van der Waals surface area contributed by atoms with Crippen LogP contribution in [-0.2, 0) is 14.8 Å². The SMILES string of the molecule is O=C(NC1CCC(O)CC1)C1CCCN(S(=O)(=O)c2ccc3ccccc3c2)C1. The number of rotatable bonds is 4. The number of hydrogen-bond donors (Lipinski definition) is 2. The molecule has 2 aliphatic rings. The molecule has 0 spiro atoms. The van der Waals surface area contributed by atoms with Gasteiger partial charge in [0.25, 0.3) is 0 Å². The Kier molecular flexibility index (Phi) is 5.90. The molecule has 0 bridgehead atoms. The molecule has 1 unspecified atom stereocenters. The fourth-order valence-electron chi connectivity index (χ4n) is 4.39. The summed E-state index contributed by atoms with van der Waals surface area (Å²) in [5.41, 5.74) is 0. The summed E-state index contributed by atoms with van der Waals surface area (Å²) in [6.45, 7) is 0.658. The maximum Gasteiger partial charge on any atom is 0.243 e. The van der Waals surface area contributed by atoms with Crippen LogP contribution in [0.1, 0.15) is 38.5 Å². The fourth-order valence-corrected chi connectivity index (χ4v) is 5.95. The van der Waals surface area contributed by atoms with Gasteiger partial charge in [-0.25, -0.2) is 8.42 Å². The smallest absolute Gasteiger partial charge is 0.243 e. The van der Waals surface area contributed by atoms with Gasteiger partial charge in [-0.2, -0.15) is 4.31 Å². The number of amides is 1. The normalized spacial score (nSPS) is 26.3. The highest BCUT2D eigenvalue weighted by Gasteiger charge is 2.34. The van der Waals surface area contributed by atoms with E-state index in [2.05, 4.69) is 5.32 Å². The summed E-state index contributed by atoms with van der Waals surface area (Å²) in [4.78, 5) is 13.0. The quantitative estimate of drug-likeness (QED) is 0.802. The van der Waals surface area contributed by atoms with Crippen molar-refractivity contribution in [2.75, 3.05) is 13.1 Å². The Morgan fingerprint density at radius 2 is 1.72 bits per heavy atom. The first-order chi connectivity index (χ1) is 13.9. The summed E-state index contributed by atoms with van der Waals surface area (Å²) < 4.78 is 27.8. The first-order valence-electron chi connectivity index (χ1n) is 10.4. The van der Waals surface area contributed by atoms with Crippen LogP contribution in [0.2, 0.25) is 0 Å². The second-order valence-electron chi connectivity index (χ2n) is 8.23. The van der Waals surface area contributed by atoms with Crippen molar-refractivity contribution in [3.05, 3.63) is 42.5 Å². The van der Waals surface area contributed by atoms with Crippen LogP contribution in [0.4, 0.5) is 0 Å². The van der Waals surface area contributed by atoms with Gasteiger partial charge in [0.05, 0.1) is 16.9 Å². The number of fused-ring (bicyclic) bond motifs is 1. The molecule has 1 aliphatic carbocycles. The first-order valence-corrected chi connectivity index (χ1v) is 11.8. The number of aliphatic hydroxyl groups is 1. The van der Waals surface area contributed by atoms with Crippen LogP contribution in [-0.4, -0.2) is 49.0 Å². The zero-order valence-electron chi connectivity index (χ0n) is 16.5. The van der Waals surface area contributed by atoms with E-state index < -0.39 is 10.0 Å². The second-order valence-corrected chi connectivity index (χ2v) is 10.2. The highest BCUT2D eigenvalue weighted by Crippen LogP contribution is 2.27. The van der Waals surface area contributed by atoms with Crippen molar-refractivity contribution in [3.8, 4) is 0 Å². The van der Waals surface area contributed by atoms with Crippen molar-refractivity contribution >= 4 is 26.7 Å². The third kappa shape index (κ3) is 4.47. The molecule has 1 saturated heterocycles. The molecular weight excluding hydrogens is 388 g/mol. The lowest BCUT2D eigenvalue weighted by atomic mass is 9.92. The van der Waals surface area contributed by atoms with E-state index in [1.54, 1.807) is 12.1 Å². The van der Waals surface area contributed by atoms with Crippen LogP contribution in [0.3, 0.4) is 0 Å². The maximum atomic E-state index is 13.2. The molecule has 1 atom stereocenters.